The average Bonchev–Trinajstić information content (AvgIpc) is 2.07. The number of halogens is 1. The molecule has 0 aromatic carbocycles. The van der Waals surface area contributed by atoms with E-state index in [1.165, 1.54) is 4.68 Å². The lowest BCUT2D eigenvalue weighted by molar-refractivity contribution is 0.0991. The van der Waals surface area contributed by atoms with Crippen LogP contribution in [0.3, 0.4) is 0 Å². The minimum atomic E-state index is -0.557. The summed E-state index contributed by atoms with van der Waals surface area (Å²) in [6.07, 6.45) is 0. The summed E-state index contributed by atoms with van der Waals surface area (Å²) in [5, 5.41) is 4.25. The molecule has 0 unspecified atom stereocenters. The number of nitrogens with zero attached hydrogens (tertiary/aromatic N) is 2. The van der Waals surface area contributed by atoms with Gasteiger partial charge in [-0.25, -0.2) is 0 Å². The summed E-state index contributed by atoms with van der Waals surface area (Å²) in [6, 6.07) is 0. The summed E-state index contributed by atoms with van der Waals surface area (Å²) in [4.78, 5) is 10.7. The molecule has 1 aromatic heterocycles. The third kappa shape index (κ3) is 1.21. The van der Waals surface area contributed by atoms with Crippen molar-refractivity contribution in [3.63, 3.8) is 0 Å². The smallest absolute Gasteiger partial charge is 0.268 e. The van der Waals surface area contributed by atoms with Gasteiger partial charge in [-0.05, 0) is 6.92 Å². The molecule has 0 spiro atoms. The molecule has 1 heterocycles. The normalized spacial score (nSPS) is 10.1. The van der Waals surface area contributed by atoms with Gasteiger partial charge in [0.05, 0.1) is 10.7 Å². The number of rotatable bonds is 1. The zero-order valence-electron chi connectivity index (χ0n) is 6.26. The number of carbonyl (C=O) groups excluding carboxylic acids is 1. The topological polar surface area (TPSA) is 60.9 Å². The van der Waals surface area contributed by atoms with Crippen LogP contribution in [0.15, 0.2) is 0 Å². The third-order valence-corrected chi connectivity index (χ3v) is 1.84. The van der Waals surface area contributed by atoms with Gasteiger partial charge >= 0.3 is 0 Å². The van der Waals surface area contributed by atoms with E-state index >= 15 is 0 Å². The molecule has 1 aromatic rings. The highest BCUT2D eigenvalue weighted by atomic mass is 35.5. The van der Waals surface area contributed by atoms with E-state index in [1.54, 1.807) is 14.0 Å². The van der Waals surface area contributed by atoms with Crippen LogP contribution < -0.4 is 5.73 Å². The Balaban J connectivity index is 3.34. The lowest BCUT2D eigenvalue weighted by Crippen LogP contribution is -2.16. The average molecular weight is 174 g/mol. The van der Waals surface area contributed by atoms with Crippen molar-refractivity contribution >= 4 is 17.5 Å². The SMILES string of the molecule is Cc1nn(C)c(C(N)=O)c1Cl. The van der Waals surface area contributed by atoms with Gasteiger partial charge in [0.1, 0.15) is 5.69 Å². The van der Waals surface area contributed by atoms with Crippen molar-refractivity contribution in [2.45, 2.75) is 6.92 Å². The van der Waals surface area contributed by atoms with E-state index < -0.39 is 5.91 Å². The lowest BCUT2D eigenvalue weighted by Gasteiger charge is -1.94. The predicted octanol–water partition coefficient (Wildman–Crippen LogP) is 0.481. The number of primary amides is 1. The van der Waals surface area contributed by atoms with Crippen molar-refractivity contribution in [3.8, 4) is 0 Å². The fourth-order valence-electron chi connectivity index (χ4n) is 0.900. The Morgan fingerprint density at radius 1 is 1.73 bits per heavy atom. The zero-order chi connectivity index (χ0) is 8.59. The molecule has 4 nitrogen and oxygen atoms in total. The number of amides is 1. The molecule has 5 heteroatoms. The molecule has 0 aliphatic rings. The first-order valence-corrected chi connectivity index (χ1v) is 3.40. The van der Waals surface area contributed by atoms with Gasteiger partial charge in [-0.15, -0.1) is 0 Å². The molecular formula is C6H8ClN3O. The van der Waals surface area contributed by atoms with Gasteiger partial charge < -0.3 is 5.73 Å². The number of hydrogen-bond donors (Lipinski definition) is 1. The second-order valence-electron chi connectivity index (χ2n) is 2.24. The molecular weight excluding hydrogens is 166 g/mol. The van der Waals surface area contributed by atoms with Gasteiger partial charge in [0, 0.05) is 7.05 Å². The number of hydrogen-bond acceptors (Lipinski definition) is 2. The Kier molecular flexibility index (Phi) is 1.87. The maximum Gasteiger partial charge on any atom is 0.268 e. The van der Waals surface area contributed by atoms with Crippen molar-refractivity contribution in [2.24, 2.45) is 12.8 Å². The van der Waals surface area contributed by atoms with Crippen LogP contribution in [0.2, 0.25) is 5.02 Å². The standard InChI is InChI=1S/C6H8ClN3O/c1-3-4(7)5(6(8)11)10(2)9-3/h1-2H3,(H2,8,11). The summed E-state index contributed by atoms with van der Waals surface area (Å²) in [5.74, 6) is -0.557. The Morgan fingerprint density at radius 3 is 2.45 bits per heavy atom. The molecule has 1 amide bonds. The van der Waals surface area contributed by atoms with Gasteiger partial charge in [-0.1, -0.05) is 11.6 Å². The van der Waals surface area contributed by atoms with Crippen molar-refractivity contribution in [1.29, 1.82) is 0 Å². The quantitative estimate of drug-likeness (QED) is 0.672. The molecule has 0 saturated heterocycles. The Bertz CT molecular complexity index is 305. The monoisotopic (exact) mass is 173 g/mol. The van der Waals surface area contributed by atoms with E-state index in [0.29, 0.717) is 10.7 Å². The highest BCUT2D eigenvalue weighted by Crippen LogP contribution is 2.18. The van der Waals surface area contributed by atoms with Crippen LogP contribution in [0.5, 0.6) is 0 Å². The second kappa shape index (κ2) is 2.54. The van der Waals surface area contributed by atoms with Crippen molar-refractivity contribution in [3.05, 3.63) is 16.4 Å². The molecule has 11 heavy (non-hydrogen) atoms. The maximum absolute atomic E-state index is 10.7. The highest BCUT2D eigenvalue weighted by molar-refractivity contribution is 6.34. The van der Waals surface area contributed by atoms with Gasteiger partial charge in [0.15, 0.2) is 0 Å². The zero-order valence-corrected chi connectivity index (χ0v) is 7.01. The Hall–Kier alpha value is -1.03. The van der Waals surface area contributed by atoms with Gasteiger partial charge in [-0.2, -0.15) is 5.10 Å². The first-order chi connectivity index (χ1) is 5.04. The number of carbonyl (C=O) groups is 1. The fourth-order valence-corrected chi connectivity index (χ4v) is 1.15. The molecule has 0 aliphatic heterocycles. The first kappa shape index (κ1) is 8.07. The van der Waals surface area contributed by atoms with Crippen LogP contribution in [0.4, 0.5) is 0 Å². The molecule has 2 N–H and O–H groups in total. The molecule has 0 bridgehead atoms. The minimum absolute atomic E-state index is 0.254. The van der Waals surface area contributed by atoms with Crippen LogP contribution in [0.1, 0.15) is 16.2 Å². The number of aryl methyl sites for hydroxylation is 2. The van der Waals surface area contributed by atoms with E-state index in [9.17, 15) is 4.79 Å². The predicted molar refractivity (Wildman–Crippen MR) is 41.5 cm³/mol. The highest BCUT2D eigenvalue weighted by Gasteiger charge is 2.14. The lowest BCUT2D eigenvalue weighted by atomic mass is 10.3. The fraction of sp³-hybridized carbons (Fsp3) is 0.333. The molecule has 60 valence electrons. The molecule has 0 atom stereocenters. The Labute approximate surface area is 68.9 Å². The van der Waals surface area contributed by atoms with Crippen molar-refractivity contribution in [1.82, 2.24) is 9.78 Å². The van der Waals surface area contributed by atoms with E-state index in [-0.39, 0.29) is 5.69 Å². The summed E-state index contributed by atoms with van der Waals surface area (Å²) in [7, 11) is 1.62. The summed E-state index contributed by atoms with van der Waals surface area (Å²) < 4.78 is 1.38. The summed E-state index contributed by atoms with van der Waals surface area (Å²) >= 11 is 5.72. The van der Waals surface area contributed by atoms with Crippen LogP contribution in [-0.4, -0.2) is 15.7 Å². The van der Waals surface area contributed by atoms with E-state index in [0.717, 1.165) is 0 Å². The van der Waals surface area contributed by atoms with Crippen molar-refractivity contribution in [2.75, 3.05) is 0 Å². The summed E-state index contributed by atoms with van der Waals surface area (Å²) in [6.45, 7) is 1.72. The van der Waals surface area contributed by atoms with Crippen LogP contribution >= 0.6 is 11.6 Å². The minimum Gasteiger partial charge on any atom is -0.364 e. The van der Waals surface area contributed by atoms with E-state index in [1.807, 2.05) is 0 Å². The van der Waals surface area contributed by atoms with Gasteiger partial charge in [0.25, 0.3) is 5.91 Å². The molecule has 0 aliphatic carbocycles. The Morgan fingerprint density at radius 2 is 2.27 bits per heavy atom. The third-order valence-electron chi connectivity index (χ3n) is 1.38. The van der Waals surface area contributed by atoms with Gasteiger partial charge in [0.2, 0.25) is 0 Å². The molecule has 0 saturated carbocycles. The number of aromatic nitrogens is 2. The van der Waals surface area contributed by atoms with E-state index in [4.69, 9.17) is 17.3 Å². The van der Waals surface area contributed by atoms with Crippen LogP contribution in [0.25, 0.3) is 0 Å². The first-order valence-electron chi connectivity index (χ1n) is 3.03. The summed E-state index contributed by atoms with van der Waals surface area (Å²) in [5.41, 5.74) is 5.91. The molecule has 1 rings (SSSR count). The molecule has 0 radical (unpaired) electrons. The molecule has 0 fully saturated rings. The van der Waals surface area contributed by atoms with Crippen LogP contribution in [0, 0.1) is 6.92 Å². The van der Waals surface area contributed by atoms with Gasteiger partial charge in [-0.3, -0.25) is 9.48 Å². The largest absolute Gasteiger partial charge is 0.364 e. The van der Waals surface area contributed by atoms with Crippen LogP contribution in [-0.2, 0) is 7.05 Å². The van der Waals surface area contributed by atoms with E-state index in [2.05, 4.69) is 5.10 Å². The van der Waals surface area contributed by atoms with Crippen molar-refractivity contribution < 1.29 is 4.79 Å². The maximum atomic E-state index is 10.7. The second-order valence-corrected chi connectivity index (χ2v) is 2.61. The number of nitrogens with two attached hydrogens (primary N) is 1.